The number of rotatable bonds is 9. The van der Waals surface area contributed by atoms with Crippen molar-refractivity contribution in [3.63, 3.8) is 0 Å². The summed E-state index contributed by atoms with van der Waals surface area (Å²) < 4.78 is 10.3. The molecule has 0 aliphatic carbocycles. The number of pyridine rings is 1. The van der Waals surface area contributed by atoms with Gasteiger partial charge in [0.05, 0.1) is 35.2 Å². The third-order valence-electron chi connectivity index (χ3n) is 3.81. The molecule has 0 bridgehead atoms. The van der Waals surface area contributed by atoms with E-state index < -0.39 is 5.91 Å². The highest BCUT2D eigenvalue weighted by atomic mass is 35.5. The Morgan fingerprint density at radius 2 is 1.81 bits per heavy atom. The number of nitrogen functional groups attached to an aromatic ring is 1. The van der Waals surface area contributed by atoms with Crippen molar-refractivity contribution in [1.82, 2.24) is 4.98 Å². The maximum absolute atomic E-state index is 12.7. The van der Waals surface area contributed by atoms with E-state index in [2.05, 4.69) is 10.3 Å². The molecule has 0 atom stereocenters. The predicted molar refractivity (Wildman–Crippen MR) is 109 cm³/mol. The number of benzene rings is 1. The molecule has 0 saturated heterocycles. The Morgan fingerprint density at radius 1 is 1.15 bits per heavy atom. The van der Waals surface area contributed by atoms with E-state index in [1.54, 1.807) is 32.4 Å². The van der Waals surface area contributed by atoms with Crippen molar-refractivity contribution in [3.8, 4) is 0 Å². The molecule has 0 saturated carbocycles. The van der Waals surface area contributed by atoms with Crippen LogP contribution in [-0.4, -0.2) is 51.4 Å². The van der Waals surface area contributed by atoms with E-state index in [4.69, 9.17) is 38.4 Å². The Kier molecular flexibility index (Phi) is 8.12. The Balaban J connectivity index is 2.31. The maximum Gasteiger partial charge on any atom is 0.259 e. The minimum absolute atomic E-state index is 0.258. The van der Waals surface area contributed by atoms with Gasteiger partial charge in [0.15, 0.2) is 0 Å². The first-order chi connectivity index (χ1) is 13.0. The van der Waals surface area contributed by atoms with Crippen LogP contribution in [0.25, 0.3) is 0 Å². The lowest BCUT2D eigenvalue weighted by Crippen LogP contribution is -2.32. The van der Waals surface area contributed by atoms with Crippen LogP contribution in [0.15, 0.2) is 30.5 Å². The molecule has 0 fully saturated rings. The van der Waals surface area contributed by atoms with Crippen LogP contribution in [0.3, 0.4) is 0 Å². The number of carbonyl (C=O) groups is 1. The van der Waals surface area contributed by atoms with E-state index in [-0.39, 0.29) is 5.56 Å². The molecule has 9 heteroatoms. The Bertz CT molecular complexity index is 764. The van der Waals surface area contributed by atoms with Crippen LogP contribution in [0.1, 0.15) is 10.4 Å². The number of amides is 1. The number of hydrogen-bond acceptors (Lipinski definition) is 6. The van der Waals surface area contributed by atoms with E-state index in [0.29, 0.717) is 53.5 Å². The van der Waals surface area contributed by atoms with Crippen molar-refractivity contribution in [1.29, 1.82) is 0 Å². The molecule has 0 aliphatic heterocycles. The highest BCUT2D eigenvalue weighted by Gasteiger charge is 2.19. The van der Waals surface area contributed by atoms with Crippen LogP contribution in [0.2, 0.25) is 10.0 Å². The van der Waals surface area contributed by atoms with Crippen molar-refractivity contribution in [2.45, 2.75) is 0 Å². The van der Waals surface area contributed by atoms with Gasteiger partial charge in [0.1, 0.15) is 5.82 Å². The van der Waals surface area contributed by atoms with E-state index in [1.807, 2.05) is 4.90 Å². The molecule has 0 aliphatic rings. The zero-order valence-corrected chi connectivity index (χ0v) is 16.7. The van der Waals surface area contributed by atoms with Crippen molar-refractivity contribution < 1.29 is 14.3 Å². The molecule has 0 unspecified atom stereocenters. The first-order valence-electron chi connectivity index (χ1n) is 8.21. The summed E-state index contributed by atoms with van der Waals surface area (Å²) in [6, 6.07) is 6.48. The molecule has 3 N–H and O–H groups in total. The molecule has 1 heterocycles. The summed E-state index contributed by atoms with van der Waals surface area (Å²) in [5, 5.41) is 3.56. The fourth-order valence-corrected chi connectivity index (χ4v) is 2.77. The third kappa shape index (κ3) is 5.97. The number of halogens is 2. The minimum atomic E-state index is -0.412. The second-order valence-electron chi connectivity index (χ2n) is 5.67. The smallest absolute Gasteiger partial charge is 0.259 e. The number of hydrogen-bond donors (Lipinski definition) is 2. The molecule has 2 rings (SSSR count). The van der Waals surface area contributed by atoms with Gasteiger partial charge < -0.3 is 25.4 Å². The molecule has 0 radical (unpaired) electrons. The van der Waals surface area contributed by atoms with E-state index in [0.717, 1.165) is 0 Å². The number of nitrogens with one attached hydrogen (secondary N) is 1. The average molecular weight is 413 g/mol. The molecule has 0 spiro atoms. The molecule has 1 aromatic heterocycles. The van der Waals surface area contributed by atoms with Gasteiger partial charge in [-0.1, -0.05) is 23.2 Å². The predicted octanol–water partition coefficient (Wildman–Crippen LogP) is 3.32. The fourth-order valence-electron chi connectivity index (χ4n) is 2.44. The molecular formula is C18H22Cl2N4O3. The number of nitrogens with zero attached hydrogens (tertiary/aromatic N) is 2. The summed E-state index contributed by atoms with van der Waals surface area (Å²) in [5.41, 5.74) is 7.51. The van der Waals surface area contributed by atoms with Crippen LogP contribution in [0, 0.1) is 0 Å². The zero-order valence-electron chi connectivity index (χ0n) is 15.2. The zero-order chi connectivity index (χ0) is 19.8. The van der Waals surface area contributed by atoms with Gasteiger partial charge in [-0.15, -0.1) is 0 Å². The summed E-state index contributed by atoms with van der Waals surface area (Å²) in [6.07, 6.45) is 1.45. The molecule has 2 aromatic rings. The summed E-state index contributed by atoms with van der Waals surface area (Å²) in [6.45, 7) is 2.13. The summed E-state index contributed by atoms with van der Waals surface area (Å²) in [5.74, 6) is -0.0505. The van der Waals surface area contributed by atoms with Crippen molar-refractivity contribution in [2.75, 3.05) is 56.5 Å². The van der Waals surface area contributed by atoms with Crippen LogP contribution >= 0.6 is 23.2 Å². The third-order valence-corrected chi connectivity index (χ3v) is 4.25. The SMILES string of the molecule is COCCN(CCOC)c1cc(Cl)cc(C(=O)Nc2ccc(Cl)cn2)c1N. The van der Waals surface area contributed by atoms with Crippen LogP contribution in [0.5, 0.6) is 0 Å². The minimum Gasteiger partial charge on any atom is -0.396 e. The maximum atomic E-state index is 12.7. The lowest BCUT2D eigenvalue weighted by Gasteiger charge is -2.26. The van der Waals surface area contributed by atoms with Gasteiger partial charge in [-0.2, -0.15) is 0 Å². The quantitative estimate of drug-likeness (QED) is 0.613. The molecule has 1 aromatic carbocycles. The van der Waals surface area contributed by atoms with Gasteiger partial charge in [0.25, 0.3) is 5.91 Å². The second kappa shape index (κ2) is 10.3. The van der Waals surface area contributed by atoms with E-state index in [9.17, 15) is 4.79 Å². The lowest BCUT2D eigenvalue weighted by molar-refractivity contribution is 0.102. The first-order valence-corrected chi connectivity index (χ1v) is 8.96. The Labute approximate surface area is 168 Å². The molecule has 146 valence electrons. The highest BCUT2D eigenvalue weighted by Crippen LogP contribution is 2.31. The van der Waals surface area contributed by atoms with Gasteiger partial charge in [0, 0.05) is 38.5 Å². The topological polar surface area (TPSA) is 89.7 Å². The van der Waals surface area contributed by atoms with Crippen LogP contribution in [-0.2, 0) is 9.47 Å². The van der Waals surface area contributed by atoms with Gasteiger partial charge in [0.2, 0.25) is 0 Å². The average Bonchev–Trinajstić information content (AvgIpc) is 2.65. The van der Waals surface area contributed by atoms with Crippen molar-refractivity contribution >= 4 is 46.3 Å². The summed E-state index contributed by atoms with van der Waals surface area (Å²) >= 11 is 12.1. The van der Waals surface area contributed by atoms with E-state index in [1.165, 1.54) is 12.3 Å². The monoisotopic (exact) mass is 412 g/mol. The fraction of sp³-hybridized carbons (Fsp3) is 0.333. The van der Waals surface area contributed by atoms with Crippen LogP contribution < -0.4 is 16.0 Å². The van der Waals surface area contributed by atoms with Crippen LogP contribution in [0.4, 0.5) is 17.2 Å². The highest BCUT2D eigenvalue weighted by molar-refractivity contribution is 6.32. The van der Waals surface area contributed by atoms with Crippen molar-refractivity contribution in [2.24, 2.45) is 0 Å². The summed E-state index contributed by atoms with van der Waals surface area (Å²) in [4.78, 5) is 18.7. The number of aromatic nitrogens is 1. The number of nitrogens with two attached hydrogens (primary N) is 1. The Hall–Kier alpha value is -2.06. The number of ether oxygens (including phenoxy) is 2. The van der Waals surface area contributed by atoms with Gasteiger partial charge >= 0.3 is 0 Å². The standard InChI is InChI=1S/C18H22Cl2N4O3/c1-26-7-5-24(6-8-27-2)15-10-13(20)9-14(17(15)21)18(25)23-16-4-3-12(19)11-22-16/h3-4,9-11H,5-8,21H2,1-2H3,(H,22,23,25). The normalized spacial score (nSPS) is 10.7. The molecule has 1 amide bonds. The van der Waals surface area contributed by atoms with Gasteiger partial charge in [-0.3, -0.25) is 4.79 Å². The Morgan fingerprint density at radius 3 is 2.37 bits per heavy atom. The largest absolute Gasteiger partial charge is 0.396 e. The molecule has 7 nitrogen and oxygen atoms in total. The number of carbonyl (C=O) groups excluding carboxylic acids is 1. The summed E-state index contributed by atoms with van der Waals surface area (Å²) in [7, 11) is 3.24. The first kappa shape index (κ1) is 21.2. The number of anilines is 3. The number of methoxy groups -OCH3 is 2. The van der Waals surface area contributed by atoms with Crippen molar-refractivity contribution in [3.05, 3.63) is 46.1 Å². The van der Waals surface area contributed by atoms with E-state index >= 15 is 0 Å². The molecule has 27 heavy (non-hydrogen) atoms. The lowest BCUT2D eigenvalue weighted by atomic mass is 10.1. The molecular weight excluding hydrogens is 391 g/mol. The van der Waals surface area contributed by atoms with Gasteiger partial charge in [-0.25, -0.2) is 4.98 Å². The second-order valence-corrected chi connectivity index (χ2v) is 6.55. The van der Waals surface area contributed by atoms with Gasteiger partial charge in [-0.05, 0) is 24.3 Å².